The van der Waals surface area contributed by atoms with Crippen LogP contribution in [0, 0.1) is 5.41 Å². The van der Waals surface area contributed by atoms with Gasteiger partial charge >= 0.3 is 0 Å². The van der Waals surface area contributed by atoms with Crippen LogP contribution in [-0.4, -0.2) is 12.6 Å². The van der Waals surface area contributed by atoms with E-state index in [0.717, 1.165) is 12.4 Å². The van der Waals surface area contributed by atoms with Gasteiger partial charge in [-0.2, -0.15) is 0 Å². The van der Waals surface area contributed by atoms with Crippen LogP contribution in [0.4, 0.5) is 0 Å². The van der Waals surface area contributed by atoms with E-state index in [0.29, 0.717) is 17.5 Å². The van der Waals surface area contributed by atoms with Crippen molar-refractivity contribution in [1.82, 2.24) is 5.32 Å². The second-order valence-corrected chi connectivity index (χ2v) is 6.82. The van der Waals surface area contributed by atoms with Crippen molar-refractivity contribution in [3.8, 4) is 5.75 Å². The van der Waals surface area contributed by atoms with Crippen LogP contribution in [0.2, 0.25) is 0 Å². The molecule has 1 aliphatic rings. The molecule has 2 rings (SSSR count). The lowest BCUT2D eigenvalue weighted by Crippen LogP contribution is -2.38. The van der Waals surface area contributed by atoms with Crippen molar-refractivity contribution in [2.24, 2.45) is 5.41 Å². The van der Waals surface area contributed by atoms with E-state index in [9.17, 15) is 0 Å². The van der Waals surface area contributed by atoms with Gasteiger partial charge in [-0.3, -0.25) is 0 Å². The molecule has 0 aliphatic heterocycles. The molecule has 1 aromatic carbocycles. The molecule has 2 unspecified atom stereocenters. The average Bonchev–Trinajstić information content (AvgIpc) is 2.38. The molecule has 0 bridgehead atoms. The lowest BCUT2D eigenvalue weighted by molar-refractivity contribution is 0.190. The van der Waals surface area contributed by atoms with Gasteiger partial charge in [-0.15, -0.1) is 0 Å². The molecule has 0 radical (unpaired) electrons. The number of hydrogen-bond donors (Lipinski definition) is 1. The Morgan fingerprint density at radius 3 is 2.80 bits per heavy atom. The Morgan fingerprint density at radius 2 is 2.10 bits per heavy atom. The Kier molecular flexibility index (Phi) is 5.09. The number of para-hydroxylation sites is 1. The molecule has 2 heteroatoms. The highest BCUT2D eigenvalue weighted by molar-refractivity contribution is 5.35. The van der Waals surface area contributed by atoms with Crippen molar-refractivity contribution >= 4 is 0 Å². The smallest absolute Gasteiger partial charge is 0.124 e. The molecule has 1 aromatic rings. The average molecular weight is 275 g/mol. The van der Waals surface area contributed by atoms with Gasteiger partial charge in [-0.1, -0.05) is 38.5 Å². The first-order valence-electron chi connectivity index (χ1n) is 7.99. The molecule has 1 saturated carbocycles. The van der Waals surface area contributed by atoms with Crippen molar-refractivity contribution in [2.75, 3.05) is 6.61 Å². The van der Waals surface area contributed by atoms with Crippen LogP contribution in [0.25, 0.3) is 0 Å². The van der Waals surface area contributed by atoms with Crippen LogP contribution in [0.5, 0.6) is 5.75 Å². The van der Waals surface area contributed by atoms with E-state index in [1.54, 1.807) is 0 Å². The highest BCUT2D eigenvalue weighted by Gasteiger charge is 2.28. The normalized spacial score (nSPS) is 23.3. The number of hydrogen-bond acceptors (Lipinski definition) is 2. The van der Waals surface area contributed by atoms with Crippen molar-refractivity contribution < 1.29 is 4.74 Å². The summed E-state index contributed by atoms with van der Waals surface area (Å²) in [5.74, 6) is 1.02. The monoisotopic (exact) mass is 275 g/mol. The predicted octanol–water partition coefficient (Wildman–Crippen LogP) is 4.70. The molecule has 1 aliphatic carbocycles. The Labute approximate surface area is 123 Å². The topological polar surface area (TPSA) is 21.3 Å². The number of ether oxygens (including phenoxy) is 1. The van der Waals surface area contributed by atoms with Crippen LogP contribution in [-0.2, 0) is 0 Å². The molecule has 20 heavy (non-hydrogen) atoms. The summed E-state index contributed by atoms with van der Waals surface area (Å²) in [5.41, 5.74) is 1.76. The van der Waals surface area contributed by atoms with E-state index in [4.69, 9.17) is 4.74 Å². The van der Waals surface area contributed by atoms with E-state index >= 15 is 0 Å². The Balaban J connectivity index is 2.02. The fraction of sp³-hybridized carbons (Fsp3) is 0.667. The zero-order valence-electron chi connectivity index (χ0n) is 13.4. The maximum Gasteiger partial charge on any atom is 0.124 e. The summed E-state index contributed by atoms with van der Waals surface area (Å²) in [6.07, 6.45) is 5.26. The summed E-state index contributed by atoms with van der Waals surface area (Å²) in [4.78, 5) is 0. The fourth-order valence-electron chi connectivity index (χ4n) is 3.41. The summed E-state index contributed by atoms with van der Waals surface area (Å²) < 4.78 is 5.75. The molecular formula is C18H29NO. The molecule has 0 saturated heterocycles. The molecule has 1 N–H and O–H groups in total. The van der Waals surface area contributed by atoms with Crippen LogP contribution in [0.1, 0.15) is 65.0 Å². The second-order valence-electron chi connectivity index (χ2n) is 6.82. The Hall–Kier alpha value is -1.02. The van der Waals surface area contributed by atoms with Gasteiger partial charge in [-0.05, 0) is 44.6 Å². The second kappa shape index (κ2) is 6.62. The van der Waals surface area contributed by atoms with Crippen LogP contribution >= 0.6 is 0 Å². The van der Waals surface area contributed by atoms with E-state index in [2.05, 4.69) is 44.3 Å². The van der Waals surface area contributed by atoms with Gasteiger partial charge in [0, 0.05) is 17.6 Å². The summed E-state index contributed by atoms with van der Waals surface area (Å²) in [6.45, 7) is 9.79. The van der Waals surface area contributed by atoms with Crippen LogP contribution in [0.3, 0.4) is 0 Å². The minimum atomic E-state index is 0.344. The highest BCUT2D eigenvalue weighted by Crippen LogP contribution is 2.36. The summed E-state index contributed by atoms with van der Waals surface area (Å²) in [7, 11) is 0. The number of benzene rings is 1. The first-order valence-corrected chi connectivity index (χ1v) is 7.99. The molecule has 0 amide bonds. The van der Waals surface area contributed by atoms with Gasteiger partial charge in [0.15, 0.2) is 0 Å². The van der Waals surface area contributed by atoms with E-state index < -0.39 is 0 Å². The van der Waals surface area contributed by atoms with Gasteiger partial charge in [-0.25, -0.2) is 0 Å². The third kappa shape index (κ3) is 3.99. The summed E-state index contributed by atoms with van der Waals surface area (Å²) in [5, 5.41) is 3.81. The molecule has 112 valence electrons. The standard InChI is InChI=1S/C18H29NO/c1-5-20-17-11-7-6-10-16(17)14(2)19-15-9-8-12-18(3,4)13-15/h6-7,10-11,14-15,19H,5,8-9,12-13H2,1-4H3. The molecule has 1 fully saturated rings. The number of rotatable bonds is 5. The minimum Gasteiger partial charge on any atom is -0.494 e. The van der Waals surface area contributed by atoms with Crippen LogP contribution < -0.4 is 10.1 Å². The fourth-order valence-corrected chi connectivity index (χ4v) is 3.41. The molecule has 0 heterocycles. The lowest BCUT2D eigenvalue weighted by atomic mass is 9.75. The van der Waals surface area contributed by atoms with Crippen molar-refractivity contribution in [3.63, 3.8) is 0 Å². The molecule has 2 atom stereocenters. The van der Waals surface area contributed by atoms with Crippen molar-refractivity contribution in [3.05, 3.63) is 29.8 Å². The molecule has 2 nitrogen and oxygen atoms in total. The van der Waals surface area contributed by atoms with E-state index in [1.807, 2.05) is 13.0 Å². The predicted molar refractivity (Wildman–Crippen MR) is 85.2 cm³/mol. The van der Waals surface area contributed by atoms with Gasteiger partial charge in [0.05, 0.1) is 6.61 Å². The third-order valence-electron chi connectivity index (χ3n) is 4.38. The first-order chi connectivity index (χ1) is 9.52. The van der Waals surface area contributed by atoms with Gasteiger partial charge < -0.3 is 10.1 Å². The first kappa shape index (κ1) is 15.4. The van der Waals surface area contributed by atoms with Gasteiger partial charge in [0.2, 0.25) is 0 Å². The van der Waals surface area contributed by atoms with Crippen molar-refractivity contribution in [2.45, 2.75) is 65.5 Å². The third-order valence-corrected chi connectivity index (χ3v) is 4.38. The zero-order valence-corrected chi connectivity index (χ0v) is 13.4. The van der Waals surface area contributed by atoms with Gasteiger partial charge in [0.1, 0.15) is 5.75 Å². The highest BCUT2D eigenvalue weighted by atomic mass is 16.5. The molecule has 0 aromatic heterocycles. The van der Waals surface area contributed by atoms with Gasteiger partial charge in [0.25, 0.3) is 0 Å². The SMILES string of the molecule is CCOc1ccccc1C(C)NC1CCCC(C)(C)C1. The van der Waals surface area contributed by atoms with Crippen molar-refractivity contribution in [1.29, 1.82) is 0 Å². The minimum absolute atomic E-state index is 0.344. The maximum atomic E-state index is 5.75. The molecular weight excluding hydrogens is 246 g/mol. The zero-order chi connectivity index (χ0) is 14.6. The maximum absolute atomic E-state index is 5.75. The quantitative estimate of drug-likeness (QED) is 0.840. The Bertz CT molecular complexity index is 427. The van der Waals surface area contributed by atoms with E-state index in [1.165, 1.54) is 31.2 Å². The lowest BCUT2D eigenvalue weighted by Gasteiger charge is -2.37. The summed E-state index contributed by atoms with van der Waals surface area (Å²) in [6, 6.07) is 9.37. The molecule has 0 spiro atoms. The van der Waals surface area contributed by atoms with E-state index in [-0.39, 0.29) is 0 Å². The summed E-state index contributed by atoms with van der Waals surface area (Å²) >= 11 is 0. The largest absolute Gasteiger partial charge is 0.494 e. The Morgan fingerprint density at radius 1 is 1.35 bits per heavy atom. The number of nitrogens with one attached hydrogen (secondary N) is 1. The van der Waals surface area contributed by atoms with Crippen LogP contribution in [0.15, 0.2) is 24.3 Å².